The van der Waals surface area contributed by atoms with E-state index in [4.69, 9.17) is 0 Å². The van der Waals surface area contributed by atoms with E-state index in [2.05, 4.69) is 47.5 Å². The number of fused-ring (bicyclic) bond motifs is 1. The summed E-state index contributed by atoms with van der Waals surface area (Å²) in [5.74, 6) is 0.899. The Morgan fingerprint density at radius 3 is 2.94 bits per heavy atom. The third-order valence-corrected chi connectivity index (χ3v) is 4.66. The van der Waals surface area contributed by atoms with Crippen molar-refractivity contribution in [2.45, 2.75) is 44.8 Å². The smallest absolute Gasteiger partial charge is 0.0226 e. The number of nitrogens with one attached hydrogen (secondary N) is 1. The first-order valence-electron chi connectivity index (χ1n) is 7.35. The molecular formula is C16H24N2. The fourth-order valence-electron chi connectivity index (χ4n) is 3.78. The van der Waals surface area contributed by atoms with Crippen LogP contribution in [0.5, 0.6) is 0 Å². The van der Waals surface area contributed by atoms with Crippen molar-refractivity contribution < 1.29 is 0 Å². The first-order valence-corrected chi connectivity index (χ1v) is 7.35. The summed E-state index contributed by atoms with van der Waals surface area (Å²) in [5.41, 5.74) is 1.39. The molecule has 0 spiro atoms. The van der Waals surface area contributed by atoms with Crippen LogP contribution in [0.3, 0.4) is 0 Å². The van der Waals surface area contributed by atoms with E-state index in [1.54, 1.807) is 0 Å². The van der Waals surface area contributed by atoms with E-state index in [0.29, 0.717) is 0 Å². The molecule has 0 saturated carbocycles. The molecule has 2 aliphatic rings. The van der Waals surface area contributed by atoms with Crippen LogP contribution in [0.1, 0.15) is 31.7 Å². The molecule has 1 aromatic rings. The Bertz CT molecular complexity index is 376. The Hall–Kier alpha value is -0.860. The molecule has 0 radical (unpaired) electrons. The Balaban J connectivity index is 1.49. The lowest BCUT2D eigenvalue weighted by atomic mass is 9.99. The van der Waals surface area contributed by atoms with E-state index in [-0.39, 0.29) is 0 Å². The predicted octanol–water partition coefficient (Wildman–Crippen LogP) is 2.65. The second-order valence-corrected chi connectivity index (χ2v) is 5.93. The van der Waals surface area contributed by atoms with Crippen molar-refractivity contribution in [2.75, 3.05) is 13.1 Å². The molecule has 2 fully saturated rings. The minimum absolute atomic E-state index is 0.774. The average Bonchev–Trinajstić information content (AvgIpc) is 2.97. The molecule has 2 aliphatic heterocycles. The van der Waals surface area contributed by atoms with E-state index >= 15 is 0 Å². The van der Waals surface area contributed by atoms with Crippen LogP contribution in [0, 0.1) is 5.92 Å². The number of nitrogens with zero attached hydrogens (tertiary/aromatic N) is 1. The van der Waals surface area contributed by atoms with Crippen molar-refractivity contribution in [1.29, 1.82) is 0 Å². The topological polar surface area (TPSA) is 15.3 Å². The quantitative estimate of drug-likeness (QED) is 0.876. The van der Waals surface area contributed by atoms with E-state index in [1.807, 2.05) is 0 Å². The second kappa shape index (κ2) is 5.41. The van der Waals surface area contributed by atoms with Gasteiger partial charge in [-0.3, -0.25) is 4.90 Å². The maximum atomic E-state index is 3.64. The largest absolute Gasteiger partial charge is 0.311 e. The van der Waals surface area contributed by atoms with Crippen LogP contribution in [0.2, 0.25) is 0 Å². The molecule has 2 heteroatoms. The predicted molar refractivity (Wildman–Crippen MR) is 75.4 cm³/mol. The van der Waals surface area contributed by atoms with E-state index in [0.717, 1.165) is 31.1 Å². The van der Waals surface area contributed by atoms with E-state index in [9.17, 15) is 0 Å². The van der Waals surface area contributed by atoms with Crippen LogP contribution in [0.25, 0.3) is 0 Å². The molecule has 2 heterocycles. The van der Waals surface area contributed by atoms with Gasteiger partial charge in [-0.1, -0.05) is 37.3 Å². The Labute approximate surface area is 110 Å². The second-order valence-electron chi connectivity index (χ2n) is 5.93. The number of rotatable bonds is 4. The lowest BCUT2D eigenvalue weighted by Crippen LogP contribution is -2.38. The van der Waals surface area contributed by atoms with E-state index in [1.165, 1.54) is 31.4 Å². The lowest BCUT2D eigenvalue weighted by molar-refractivity contribution is 0.231. The fraction of sp³-hybridized carbons (Fsp3) is 0.625. The van der Waals surface area contributed by atoms with Crippen molar-refractivity contribution in [2.24, 2.45) is 5.92 Å². The normalized spacial score (nSPS) is 31.7. The molecule has 1 aromatic carbocycles. The van der Waals surface area contributed by atoms with Crippen molar-refractivity contribution in [3.8, 4) is 0 Å². The minimum Gasteiger partial charge on any atom is -0.311 e. The average molecular weight is 244 g/mol. The zero-order valence-corrected chi connectivity index (χ0v) is 11.3. The van der Waals surface area contributed by atoms with Crippen molar-refractivity contribution in [3.63, 3.8) is 0 Å². The molecule has 2 nitrogen and oxygen atoms in total. The van der Waals surface area contributed by atoms with Gasteiger partial charge in [0.05, 0.1) is 0 Å². The van der Waals surface area contributed by atoms with Crippen molar-refractivity contribution in [1.82, 2.24) is 10.2 Å². The molecule has 0 bridgehead atoms. The van der Waals surface area contributed by atoms with Gasteiger partial charge in [-0.15, -0.1) is 0 Å². The molecule has 3 rings (SSSR count). The molecule has 2 saturated heterocycles. The standard InChI is InChI=1S/C16H24N2/c1-13-10-15(18-9-5-8-16(13)18)12-17-11-14-6-3-2-4-7-14/h2-4,6-7,13,15-17H,5,8-12H2,1H3/t13?,15-,16+/m1/s1. The van der Waals surface area contributed by atoms with Crippen molar-refractivity contribution in [3.05, 3.63) is 35.9 Å². The molecule has 3 atom stereocenters. The third-order valence-electron chi connectivity index (χ3n) is 4.66. The molecule has 0 aliphatic carbocycles. The molecule has 0 amide bonds. The molecule has 1 unspecified atom stereocenters. The number of hydrogen-bond acceptors (Lipinski definition) is 2. The van der Waals surface area contributed by atoms with Gasteiger partial charge < -0.3 is 5.32 Å². The first kappa shape index (κ1) is 12.2. The maximum Gasteiger partial charge on any atom is 0.0226 e. The summed E-state index contributed by atoms with van der Waals surface area (Å²) in [4.78, 5) is 2.75. The van der Waals surface area contributed by atoms with E-state index < -0.39 is 0 Å². The highest BCUT2D eigenvalue weighted by molar-refractivity contribution is 5.14. The van der Waals surface area contributed by atoms with Crippen LogP contribution >= 0.6 is 0 Å². The first-order chi connectivity index (χ1) is 8.84. The summed E-state index contributed by atoms with van der Waals surface area (Å²) >= 11 is 0. The summed E-state index contributed by atoms with van der Waals surface area (Å²) in [6, 6.07) is 12.4. The molecule has 18 heavy (non-hydrogen) atoms. The van der Waals surface area contributed by atoms with Gasteiger partial charge in [0, 0.05) is 25.2 Å². The zero-order chi connectivity index (χ0) is 12.4. The van der Waals surface area contributed by atoms with Crippen LogP contribution in [0.15, 0.2) is 30.3 Å². The zero-order valence-electron chi connectivity index (χ0n) is 11.3. The van der Waals surface area contributed by atoms with Gasteiger partial charge in [-0.25, -0.2) is 0 Å². The third kappa shape index (κ3) is 2.45. The summed E-state index contributed by atoms with van der Waals surface area (Å²) < 4.78 is 0. The number of hydrogen-bond donors (Lipinski definition) is 1. The minimum atomic E-state index is 0.774. The summed E-state index contributed by atoms with van der Waals surface area (Å²) in [6.45, 7) is 5.91. The van der Waals surface area contributed by atoms with Gasteiger partial charge in [0.15, 0.2) is 0 Å². The van der Waals surface area contributed by atoms with Gasteiger partial charge in [-0.05, 0) is 37.3 Å². The SMILES string of the molecule is CC1C[C@H](CNCc2ccccc2)N2CCC[C@@H]12. The molecular weight excluding hydrogens is 220 g/mol. The maximum absolute atomic E-state index is 3.64. The monoisotopic (exact) mass is 244 g/mol. The Morgan fingerprint density at radius 1 is 1.28 bits per heavy atom. The Kier molecular flexibility index (Phi) is 3.67. The highest BCUT2D eigenvalue weighted by Crippen LogP contribution is 2.36. The molecule has 1 N–H and O–H groups in total. The summed E-state index contributed by atoms with van der Waals surface area (Å²) in [6.07, 6.45) is 4.22. The van der Waals surface area contributed by atoms with Gasteiger partial charge in [-0.2, -0.15) is 0 Å². The summed E-state index contributed by atoms with van der Waals surface area (Å²) in [5, 5.41) is 3.64. The van der Waals surface area contributed by atoms with Gasteiger partial charge in [0.1, 0.15) is 0 Å². The highest BCUT2D eigenvalue weighted by atomic mass is 15.2. The van der Waals surface area contributed by atoms with Gasteiger partial charge >= 0.3 is 0 Å². The van der Waals surface area contributed by atoms with Crippen LogP contribution in [-0.4, -0.2) is 30.1 Å². The highest BCUT2D eigenvalue weighted by Gasteiger charge is 2.40. The van der Waals surface area contributed by atoms with Crippen LogP contribution in [0.4, 0.5) is 0 Å². The van der Waals surface area contributed by atoms with Gasteiger partial charge in [0.2, 0.25) is 0 Å². The van der Waals surface area contributed by atoms with Crippen molar-refractivity contribution >= 4 is 0 Å². The molecule has 98 valence electrons. The summed E-state index contributed by atoms with van der Waals surface area (Å²) in [7, 11) is 0. The van der Waals surface area contributed by atoms with Crippen LogP contribution < -0.4 is 5.32 Å². The number of benzene rings is 1. The molecule has 0 aromatic heterocycles. The van der Waals surface area contributed by atoms with Gasteiger partial charge in [0.25, 0.3) is 0 Å². The lowest BCUT2D eigenvalue weighted by Gasteiger charge is -2.24. The Morgan fingerprint density at radius 2 is 2.11 bits per heavy atom. The van der Waals surface area contributed by atoms with Crippen LogP contribution in [-0.2, 0) is 6.54 Å². The fourth-order valence-corrected chi connectivity index (χ4v) is 3.78.